The zero-order valence-electron chi connectivity index (χ0n) is 17.7. The quantitative estimate of drug-likeness (QED) is 0.111. The Morgan fingerprint density at radius 2 is 1.88 bits per heavy atom. The van der Waals surface area contributed by atoms with Crippen molar-refractivity contribution in [1.82, 2.24) is 5.43 Å². The van der Waals surface area contributed by atoms with Crippen LogP contribution < -0.4 is 14.9 Å². The number of amides is 1. The first-order chi connectivity index (χ1) is 15.9. The fraction of sp³-hybridized carbons (Fsp3) is 0.167. The highest BCUT2D eigenvalue weighted by atomic mass is 127. The Labute approximate surface area is 224 Å². The normalized spacial score (nSPS) is 10.9. The summed E-state index contributed by atoms with van der Waals surface area (Å²) in [6.07, 6.45) is 1.59. The lowest BCUT2D eigenvalue weighted by atomic mass is 10.2. The lowest BCUT2D eigenvalue weighted by Gasteiger charge is -2.15. The van der Waals surface area contributed by atoms with Crippen LogP contribution in [0.1, 0.15) is 18.1 Å². The second kappa shape index (κ2) is 13.2. The van der Waals surface area contributed by atoms with Gasteiger partial charge in [0, 0.05) is 14.4 Å². The average Bonchev–Trinajstić information content (AvgIpc) is 2.79. The van der Waals surface area contributed by atoms with Crippen molar-refractivity contribution in [2.75, 3.05) is 12.4 Å². The van der Waals surface area contributed by atoms with E-state index in [9.17, 15) is 4.79 Å². The number of nitrogens with zero attached hydrogens (tertiary/aromatic N) is 1. The van der Waals surface area contributed by atoms with Crippen LogP contribution in [0.2, 0.25) is 5.02 Å². The van der Waals surface area contributed by atoms with Crippen molar-refractivity contribution in [3.05, 3.63) is 84.9 Å². The molecule has 1 N–H and O–H groups in total. The summed E-state index contributed by atoms with van der Waals surface area (Å²) in [6.45, 7) is 2.85. The Hall–Kier alpha value is -1.75. The molecule has 3 rings (SSSR count). The van der Waals surface area contributed by atoms with E-state index in [0.29, 0.717) is 29.7 Å². The molecule has 33 heavy (non-hydrogen) atoms. The molecule has 5 nitrogen and oxygen atoms in total. The van der Waals surface area contributed by atoms with Crippen LogP contribution in [-0.2, 0) is 11.4 Å². The van der Waals surface area contributed by atoms with E-state index in [2.05, 4.69) is 49.0 Å². The molecule has 9 heteroatoms. The number of ether oxygens (including phenoxy) is 2. The molecule has 172 valence electrons. The third kappa shape index (κ3) is 8.51. The largest absolute Gasteiger partial charge is 0.490 e. The lowest BCUT2D eigenvalue weighted by molar-refractivity contribution is -0.118. The van der Waals surface area contributed by atoms with E-state index in [4.69, 9.17) is 21.1 Å². The molecule has 1 amide bonds. The van der Waals surface area contributed by atoms with Crippen molar-refractivity contribution in [2.24, 2.45) is 5.10 Å². The van der Waals surface area contributed by atoms with E-state index >= 15 is 0 Å². The second-order valence-electron chi connectivity index (χ2n) is 6.71. The van der Waals surface area contributed by atoms with Gasteiger partial charge in [-0.3, -0.25) is 4.79 Å². The fourth-order valence-corrected chi connectivity index (χ4v) is 4.55. The van der Waals surface area contributed by atoms with Crippen molar-refractivity contribution in [1.29, 1.82) is 0 Å². The number of thioether (sulfide) groups is 1. The number of hydrogen-bond acceptors (Lipinski definition) is 5. The standard InChI is InChI=1S/C24H21BrClIN2O3S/c1-2-31-22-12-17(11-21(27)24(22)32-14-16-3-5-18(25)6-4-16)13-28-29-23(30)15-33-20-9-7-19(26)8-10-20/h3-13H,2,14-15H2,1H3,(H,29,30)/b28-13-. The molecular weight excluding hydrogens is 639 g/mol. The molecular formula is C24H21BrClIN2O3S. The zero-order valence-corrected chi connectivity index (χ0v) is 23.0. The molecule has 3 aromatic rings. The minimum Gasteiger partial charge on any atom is -0.490 e. The summed E-state index contributed by atoms with van der Waals surface area (Å²) in [4.78, 5) is 13.0. The highest BCUT2D eigenvalue weighted by Gasteiger charge is 2.12. The third-order valence-electron chi connectivity index (χ3n) is 4.21. The van der Waals surface area contributed by atoms with Gasteiger partial charge < -0.3 is 9.47 Å². The molecule has 3 aromatic carbocycles. The first-order valence-corrected chi connectivity index (χ1v) is 13.2. The molecule has 0 spiro atoms. The third-order valence-corrected chi connectivity index (χ3v) is 6.81. The van der Waals surface area contributed by atoms with Gasteiger partial charge >= 0.3 is 0 Å². The Kier molecular flexibility index (Phi) is 10.4. The number of halogens is 3. The number of benzene rings is 3. The number of hydrogen-bond donors (Lipinski definition) is 1. The monoisotopic (exact) mass is 658 g/mol. The van der Waals surface area contributed by atoms with E-state index in [-0.39, 0.29) is 11.7 Å². The minimum absolute atomic E-state index is 0.194. The molecule has 0 saturated carbocycles. The maximum atomic E-state index is 12.1. The predicted octanol–water partition coefficient (Wildman–Crippen LogP) is 6.93. The van der Waals surface area contributed by atoms with Gasteiger partial charge in [-0.05, 0) is 89.2 Å². The Morgan fingerprint density at radius 3 is 2.58 bits per heavy atom. The van der Waals surface area contributed by atoms with E-state index in [0.717, 1.165) is 24.1 Å². The molecule has 0 aliphatic carbocycles. The van der Waals surface area contributed by atoms with Crippen molar-refractivity contribution in [3.63, 3.8) is 0 Å². The smallest absolute Gasteiger partial charge is 0.250 e. The summed E-state index contributed by atoms with van der Waals surface area (Å²) in [5.74, 6) is 1.37. The van der Waals surface area contributed by atoms with Gasteiger partial charge in [0.2, 0.25) is 5.91 Å². The first kappa shape index (κ1) is 25.9. The van der Waals surface area contributed by atoms with Gasteiger partial charge in [-0.25, -0.2) is 5.43 Å². The summed E-state index contributed by atoms with van der Waals surface area (Å²) < 4.78 is 13.8. The molecule has 0 fully saturated rings. The van der Waals surface area contributed by atoms with Gasteiger partial charge in [-0.2, -0.15) is 5.10 Å². The fourth-order valence-electron chi connectivity index (χ4n) is 2.69. The maximum Gasteiger partial charge on any atom is 0.250 e. The van der Waals surface area contributed by atoms with Crippen molar-refractivity contribution >= 4 is 74.0 Å². The molecule has 0 aromatic heterocycles. The molecule has 0 radical (unpaired) electrons. The number of rotatable bonds is 10. The summed E-state index contributed by atoms with van der Waals surface area (Å²) in [7, 11) is 0. The predicted molar refractivity (Wildman–Crippen MR) is 147 cm³/mol. The maximum absolute atomic E-state index is 12.1. The van der Waals surface area contributed by atoms with Gasteiger partial charge in [0.05, 0.1) is 22.1 Å². The van der Waals surface area contributed by atoms with Crippen LogP contribution in [0.5, 0.6) is 11.5 Å². The molecule has 0 unspecified atom stereocenters. The van der Waals surface area contributed by atoms with Crippen LogP contribution in [-0.4, -0.2) is 24.5 Å². The molecule has 0 aliphatic heterocycles. The van der Waals surface area contributed by atoms with Crippen LogP contribution in [0.3, 0.4) is 0 Å². The van der Waals surface area contributed by atoms with Crippen LogP contribution in [0.15, 0.2) is 75.1 Å². The van der Waals surface area contributed by atoms with Crippen LogP contribution in [0.4, 0.5) is 0 Å². The van der Waals surface area contributed by atoms with Crippen molar-refractivity contribution in [3.8, 4) is 11.5 Å². The molecule has 0 heterocycles. The number of carbonyl (C=O) groups is 1. The Bertz CT molecular complexity index is 1110. The van der Waals surface area contributed by atoms with Gasteiger partial charge in [0.1, 0.15) is 6.61 Å². The summed E-state index contributed by atoms with van der Waals surface area (Å²) in [5.41, 5.74) is 4.41. The van der Waals surface area contributed by atoms with Gasteiger partial charge in [-0.15, -0.1) is 11.8 Å². The van der Waals surface area contributed by atoms with Gasteiger partial charge in [-0.1, -0.05) is 39.7 Å². The lowest BCUT2D eigenvalue weighted by Crippen LogP contribution is -2.19. The van der Waals surface area contributed by atoms with Crippen LogP contribution in [0, 0.1) is 3.57 Å². The number of carbonyl (C=O) groups excluding carboxylic acids is 1. The van der Waals surface area contributed by atoms with E-state index in [1.54, 1.807) is 18.3 Å². The highest BCUT2D eigenvalue weighted by molar-refractivity contribution is 14.1. The van der Waals surface area contributed by atoms with E-state index in [1.807, 2.05) is 55.5 Å². The highest BCUT2D eigenvalue weighted by Crippen LogP contribution is 2.34. The second-order valence-corrected chi connectivity index (χ2v) is 10.3. The van der Waals surface area contributed by atoms with Crippen LogP contribution in [0.25, 0.3) is 0 Å². The topological polar surface area (TPSA) is 59.9 Å². The SMILES string of the molecule is CCOc1cc(/C=N\NC(=O)CSc2ccc(Cl)cc2)cc(I)c1OCc1ccc(Br)cc1. The van der Waals surface area contributed by atoms with E-state index in [1.165, 1.54) is 11.8 Å². The molecule has 0 aliphatic rings. The Morgan fingerprint density at radius 1 is 1.15 bits per heavy atom. The van der Waals surface area contributed by atoms with Crippen molar-refractivity contribution < 1.29 is 14.3 Å². The molecule has 0 atom stereocenters. The minimum atomic E-state index is -0.194. The Balaban J connectivity index is 1.60. The average molecular weight is 660 g/mol. The first-order valence-electron chi connectivity index (χ1n) is 9.98. The summed E-state index contributed by atoms with van der Waals surface area (Å²) in [5, 5.41) is 4.74. The van der Waals surface area contributed by atoms with Gasteiger partial charge in [0.25, 0.3) is 0 Å². The summed E-state index contributed by atoms with van der Waals surface area (Å²) in [6, 6.07) is 19.1. The summed E-state index contributed by atoms with van der Waals surface area (Å²) >= 11 is 12.9. The molecule has 0 saturated heterocycles. The zero-order chi connectivity index (χ0) is 23.6. The van der Waals surface area contributed by atoms with Gasteiger partial charge in [0.15, 0.2) is 11.5 Å². The van der Waals surface area contributed by atoms with Crippen LogP contribution >= 0.6 is 61.9 Å². The van der Waals surface area contributed by atoms with E-state index < -0.39 is 0 Å². The van der Waals surface area contributed by atoms with Crippen molar-refractivity contribution in [2.45, 2.75) is 18.4 Å². The number of hydrazone groups is 1. The molecule has 0 bridgehead atoms. The number of nitrogens with one attached hydrogen (secondary N) is 1.